The van der Waals surface area contributed by atoms with Gasteiger partial charge < -0.3 is 9.64 Å². The second kappa shape index (κ2) is 7.81. The van der Waals surface area contributed by atoms with Crippen molar-refractivity contribution in [2.75, 3.05) is 13.7 Å². The molecular weight excluding hydrogens is 266 g/mol. The molecule has 4 nitrogen and oxygen atoms in total. The van der Waals surface area contributed by atoms with Crippen LogP contribution in [0, 0.1) is 12.8 Å². The number of methoxy groups -OCH3 is 1. The molecule has 0 saturated heterocycles. The summed E-state index contributed by atoms with van der Waals surface area (Å²) in [6.07, 6.45) is 0.839. The Balaban J connectivity index is 2.97. The van der Waals surface area contributed by atoms with Crippen LogP contribution in [0.2, 0.25) is 0 Å². The first-order chi connectivity index (χ1) is 9.90. The van der Waals surface area contributed by atoms with E-state index in [9.17, 15) is 9.59 Å². The van der Waals surface area contributed by atoms with Gasteiger partial charge in [-0.1, -0.05) is 31.5 Å². The van der Waals surface area contributed by atoms with Crippen LogP contribution in [-0.2, 0) is 9.53 Å². The molecule has 116 valence electrons. The quantitative estimate of drug-likeness (QED) is 0.757. The van der Waals surface area contributed by atoms with E-state index in [1.54, 1.807) is 11.8 Å². The van der Waals surface area contributed by atoms with Crippen molar-refractivity contribution in [1.29, 1.82) is 0 Å². The van der Waals surface area contributed by atoms with Gasteiger partial charge in [-0.05, 0) is 32.4 Å². The number of carbonyl (C=O) groups excluding carboxylic acids is 2. The standard InChI is InChI=1S/C17H25NO3/c1-6-14(4)18(11-13(3)17(20)21-5)16(19)15-9-7-8-12(2)10-15/h7-10,13-14H,6,11H2,1-5H3. The molecule has 1 rings (SSSR count). The number of ether oxygens (including phenoxy) is 1. The lowest BCUT2D eigenvalue weighted by Crippen LogP contribution is -2.42. The maximum atomic E-state index is 12.7. The number of nitrogens with zero attached hydrogens (tertiary/aromatic N) is 1. The van der Waals surface area contributed by atoms with Crippen LogP contribution < -0.4 is 0 Å². The summed E-state index contributed by atoms with van der Waals surface area (Å²) in [4.78, 5) is 26.1. The van der Waals surface area contributed by atoms with E-state index >= 15 is 0 Å². The highest BCUT2D eigenvalue weighted by molar-refractivity contribution is 5.94. The fraction of sp³-hybridized carbons (Fsp3) is 0.529. The highest BCUT2D eigenvalue weighted by Crippen LogP contribution is 2.15. The number of carbonyl (C=O) groups is 2. The normalized spacial score (nSPS) is 13.4. The Bertz CT molecular complexity index is 499. The van der Waals surface area contributed by atoms with Crippen molar-refractivity contribution in [3.05, 3.63) is 35.4 Å². The third-order valence-corrected chi connectivity index (χ3v) is 3.72. The molecule has 0 aliphatic rings. The van der Waals surface area contributed by atoms with Crippen LogP contribution >= 0.6 is 0 Å². The molecular formula is C17H25NO3. The van der Waals surface area contributed by atoms with Crippen molar-refractivity contribution >= 4 is 11.9 Å². The molecule has 0 aromatic heterocycles. The minimum Gasteiger partial charge on any atom is -0.469 e. The van der Waals surface area contributed by atoms with Gasteiger partial charge in [0.05, 0.1) is 13.0 Å². The molecule has 0 saturated carbocycles. The molecule has 0 N–H and O–H groups in total. The van der Waals surface area contributed by atoms with Gasteiger partial charge in [0, 0.05) is 18.2 Å². The van der Waals surface area contributed by atoms with Crippen molar-refractivity contribution in [2.45, 2.75) is 40.2 Å². The second-order valence-corrected chi connectivity index (χ2v) is 5.51. The van der Waals surface area contributed by atoms with Gasteiger partial charge in [0.1, 0.15) is 0 Å². The summed E-state index contributed by atoms with van der Waals surface area (Å²) in [6, 6.07) is 7.60. The third-order valence-electron chi connectivity index (χ3n) is 3.72. The van der Waals surface area contributed by atoms with Crippen molar-refractivity contribution < 1.29 is 14.3 Å². The van der Waals surface area contributed by atoms with Gasteiger partial charge in [-0.3, -0.25) is 9.59 Å². The predicted octanol–water partition coefficient (Wildman–Crippen LogP) is 3.04. The van der Waals surface area contributed by atoms with Crippen molar-refractivity contribution in [3.63, 3.8) is 0 Å². The lowest BCUT2D eigenvalue weighted by molar-refractivity contribution is -0.145. The lowest BCUT2D eigenvalue weighted by Gasteiger charge is -2.30. The summed E-state index contributed by atoms with van der Waals surface area (Å²) < 4.78 is 4.75. The van der Waals surface area contributed by atoms with Gasteiger partial charge in [-0.2, -0.15) is 0 Å². The smallest absolute Gasteiger partial charge is 0.310 e. The number of rotatable bonds is 6. The minimum absolute atomic E-state index is 0.0381. The van der Waals surface area contributed by atoms with Crippen LogP contribution in [0.4, 0.5) is 0 Å². The monoisotopic (exact) mass is 291 g/mol. The maximum Gasteiger partial charge on any atom is 0.310 e. The highest BCUT2D eigenvalue weighted by atomic mass is 16.5. The fourth-order valence-corrected chi connectivity index (χ4v) is 2.20. The van der Waals surface area contributed by atoms with Gasteiger partial charge in [0.25, 0.3) is 5.91 Å². The Kier molecular flexibility index (Phi) is 6.40. The molecule has 0 bridgehead atoms. The number of hydrogen-bond acceptors (Lipinski definition) is 3. The first-order valence-corrected chi connectivity index (χ1v) is 7.36. The summed E-state index contributed by atoms with van der Waals surface area (Å²) >= 11 is 0. The van der Waals surface area contributed by atoms with E-state index in [-0.39, 0.29) is 23.8 Å². The lowest BCUT2D eigenvalue weighted by atomic mass is 10.1. The van der Waals surface area contributed by atoms with E-state index < -0.39 is 0 Å². The van der Waals surface area contributed by atoms with Gasteiger partial charge in [-0.25, -0.2) is 0 Å². The van der Waals surface area contributed by atoms with Crippen molar-refractivity contribution in [3.8, 4) is 0 Å². The zero-order valence-electron chi connectivity index (χ0n) is 13.6. The molecule has 0 radical (unpaired) electrons. The summed E-state index contributed by atoms with van der Waals surface area (Å²) in [5.41, 5.74) is 1.71. The predicted molar refractivity (Wildman–Crippen MR) is 83.1 cm³/mol. The number of amides is 1. The molecule has 1 aromatic carbocycles. The molecule has 4 heteroatoms. The van der Waals surface area contributed by atoms with E-state index in [1.165, 1.54) is 7.11 Å². The Morgan fingerprint density at radius 2 is 1.95 bits per heavy atom. The molecule has 2 atom stereocenters. The topological polar surface area (TPSA) is 46.6 Å². The molecule has 0 heterocycles. The maximum absolute atomic E-state index is 12.7. The van der Waals surface area contributed by atoms with Crippen LogP contribution in [0.1, 0.15) is 43.1 Å². The van der Waals surface area contributed by atoms with E-state index in [0.717, 1.165) is 12.0 Å². The number of hydrogen-bond donors (Lipinski definition) is 0. The first kappa shape index (κ1) is 17.2. The van der Waals surface area contributed by atoms with Crippen LogP contribution in [0.5, 0.6) is 0 Å². The molecule has 1 amide bonds. The second-order valence-electron chi connectivity index (χ2n) is 5.51. The average Bonchev–Trinajstić information content (AvgIpc) is 2.50. The summed E-state index contributed by atoms with van der Waals surface area (Å²) in [7, 11) is 1.37. The number of benzene rings is 1. The average molecular weight is 291 g/mol. The van der Waals surface area contributed by atoms with Gasteiger partial charge in [0.15, 0.2) is 0 Å². The zero-order chi connectivity index (χ0) is 16.0. The SMILES string of the molecule is CCC(C)N(CC(C)C(=O)OC)C(=O)c1cccc(C)c1. The van der Waals surface area contributed by atoms with Crippen LogP contribution in [0.15, 0.2) is 24.3 Å². The Labute approximate surface area is 127 Å². The molecule has 0 aliphatic carbocycles. The summed E-state index contributed by atoms with van der Waals surface area (Å²) in [6.45, 7) is 8.14. The van der Waals surface area contributed by atoms with Gasteiger partial charge in [-0.15, -0.1) is 0 Å². The fourth-order valence-electron chi connectivity index (χ4n) is 2.20. The molecule has 21 heavy (non-hydrogen) atoms. The number of aryl methyl sites for hydroxylation is 1. The van der Waals surface area contributed by atoms with E-state index in [0.29, 0.717) is 12.1 Å². The molecule has 1 aromatic rings. The Morgan fingerprint density at radius 3 is 2.48 bits per heavy atom. The van der Waals surface area contributed by atoms with Crippen LogP contribution in [0.25, 0.3) is 0 Å². The molecule has 0 spiro atoms. The highest BCUT2D eigenvalue weighted by Gasteiger charge is 2.25. The van der Waals surface area contributed by atoms with E-state index in [1.807, 2.05) is 45.0 Å². The van der Waals surface area contributed by atoms with Crippen LogP contribution in [-0.4, -0.2) is 36.5 Å². The van der Waals surface area contributed by atoms with Gasteiger partial charge >= 0.3 is 5.97 Å². The Morgan fingerprint density at radius 1 is 1.29 bits per heavy atom. The Hall–Kier alpha value is -1.84. The summed E-state index contributed by atoms with van der Waals surface area (Å²) in [5.74, 6) is -0.665. The molecule has 0 fully saturated rings. The van der Waals surface area contributed by atoms with E-state index in [2.05, 4.69) is 0 Å². The minimum atomic E-state index is -0.335. The number of esters is 1. The summed E-state index contributed by atoms with van der Waals surface area (Å²) in [5, 5.41) is 0. The first-order valence-electron chi connectivity index (χ1n) is 7.36. The van der Waals surface area contributed by atoms with Crippen molar-refractivity contribution in [1.82, 2.24) is 4.90 Å². The molecule has 0 aliphatic heterocycles. The van der Waals surface area contributed by atoms with Gasteiger partial charge in [0.2, 0.25) is 0 Å². The van der Waals surface area contributed by atoms with E-state index in [4.69, 9.17) is 4.74 Å². The largest absolute Gasteiger partial charge is 0.469 e. The van der Waals surface area contributed by atoms with Crippen molar-refractivity contribution in [2.24, 2.45) is 5.92 Å². The third kappa shape index (κ3) is 4.59. The molecule has 2 unspecified atom stereocenters. The zero-order valence-corrected chi connectivity index (χ0v) is 13.6. The van der Waals surface area contributed by atoms with Crippen LogP contribution in [0.3, 0.4) is 0 Å².